The normalized spacial score (nSPS) is 23.5. The lowest BCUT2D eigenvalue weighted by Gasteiger charge is -2.24. The summed E-state index contributed by atoms with van der Waals surface area (Å²) >= 11 is 0. The minimum atomic E-state index is -0.675. The van der Waals surface area contributed by atoms with E-state index >= 15 is 0 Å². The summed E-state index contributed by atoms with van der Waals surface area (Å²) in [7, 11) is 1.73. The molecule has 0 aromatic carbocycles. The highest BCUT2D eigenvalue weighted by molar-refractivity contribution is 5.66. The highest BCUT2D eigenvalue weighted by Crippen LogP contribution is 2.23. The Balaban J connectivity index is 2.20. The van der Waals surface area contributed by atoms with Crippen LogP contribution in [0, 0.1) is 5.92 Å². The van der Waals surface area contributed by atoms with E-state index in [1.54, 1.807) is 7.11 Å². The second-order valence-corrected chi connectivity index (χ2v) is 4.71. The first-order chi connectivity index (χ1) is 7.63. The third-order valence-corrected chi connectivity index (χ3v) is 3.45. The molecule has 0 radical (unpaired) electrons. The summed E-state index contributed by atoms with van der Waals surface area (Å²) in [4.78, 5) is 12.9. The van der Waals surface area contributed by atoms with Crippen LogP contribution < -0.4 is 0 Å². The number of rotatable bonds is 7. The predicted molar refractivity (Wildman–Crippen MR) is 62.5 cm³/mol. The summed E-state index contributed by atoms with van der Waals surface area (Å²) < 4.78 is 5.07. The average Bonchev–Trinajstić information content (AvgIpc) is 2.71. The fourth-order valence-corrected chi connectivity index (χ4v) is 2.30. The summed E-state index contributed by atoms with van der Waals surface area (Å²) in [6.45, 7) is 5.18. The molecule has 4 nitrogen and oxygen atoms in total. The van der Waals surface area contributed by atoms with E-state index in [9.17, 15) is 4.79 Å². The zero-order chi connectivity index (χ0) is 12.0. The van der Waals surface area contributed by atoms with Gasteiger partial charge in [-0.2, -0.15) is 0 Å². The molecule has 0 aromatic rings. The molecule has 1 aliphatic rings. The molecule has 4 heteroatoms. The average molecular weight is 229 g/mol. The molecule has 94 valence electrons. The van der Waals surface area contributed by atoms with Crippen molar-refractivity contribution in [3.63, 3.8) is 0 Å². The number of carboxylic acid groups (broad SMARTS) is 1. The summed E-state index contributed by atoms with van der Waals surface area (Å²) in [5.41, 5.74) is 0. The number of likely N-dealkylation sites (tertiary alicyclic amines) is 1. The van der Waals surface area contributed by atoms with E-state index in [0.29, 0.717) is 18.4 Å². The van der Waals surface area contributed by atoms with Crippen molar-refractivity contribution in [1.29, 1.82) is 0 Å². The quantitative estimate of drug-likeness (QED) is 0.720. The van der Waals surface area contributed by atoms with E-state index in [0.717, 1.165) is 39.0 Å². The molecular weight excluding hydrogens is 206 g/mol. The van der Waals surface area contributed by atoms with Gasteiger partial charge in [0.05, 0.1) is 0 Å². The molecule has 0 aromatic heterocycles. The van der Waals surface area contributed by atoms with Gasteiger partial charge in [-0.1, -0.05) is 0 Å². The first-order valence-corrected chi connectivity index (χ1v) is 6.08. The number of hydrogen-bond donors (Lipinski definition) is 1. The molecule has 0 amide bonds. The molecule has 1 fully saturated rings. The standard InChI is InChI=1S/C12H23NO3/c1-10(6-8-16-2)13-7-5-11(9-13)3-4-12(14)15/h10-11H,3-9H2,1-2H3,(H,14,15). The minimum absolute atomic E-state index is 0.310. The zero-order valence-electron chi connectivity index (χ0n) is 10.3. The van der Waals surface area contributed by atoms with Crippen LogP contribution in [0.4, 0.5) is 0 Å². The van der Waals surface area contributed by atoms with Gasteiger partial charge in [0, 0.05) is 32.7 Å². The second kappa shape index (κ2) is 6.86. The number of aliphatic carboxylic acids is 1. The van der Waals surface area contributed by atoms with Crippen molar-refractivity contribution in [2.75, 3.05) is 26.8 Å². The molecule has 1 saturated heterocycles. The topological polar surface area (TPSA) is 49.8 Å². The summed E-state index contributed by atoms with van der Waals surface area (Å²) in [5.74, 6) is -0.105. The van der Waals surface area contributed by atoms with Gasteiger partial charge in [-0.25, -0.2) is 0 Å². The Labute approximate surface area is 97.6 Å². The Morgan fingerprint density at radius 1 is 1.62 bits per heavy atom. The largest absolute Gasteiger partial charge is 0.481 e. The number of carboxylic acids is 1. The van der Waals surface area contributed by atoms with Gasteiger partial charge in [0.2, 0.25) is 0 Å². The molecule has 16 heavy (non-hydrogen) atoms. The Hall–Kier alpha value is -0.610. The van der Waals surface area contributed by atoms with Crippen LogP contribution in [0.5, 0.6) is 0 Å². The molecular formula is C12H23NO3. The van der Waals surface area contributed by atoms with Crippen molar-refractivity contribution >= 4 is 5.97 Å². The molecule has 1 N–H and O–H groups in total. The van der Waals surface area contributed by atoms with Gasteiger partial charge in [-0.05, 0) is 38.6 Å². The van der Waals surface area contributed by atoms with Crippen molar-refractivity contribution in [3.8, 4) is 0 Å². The van der Waals surface area contributed by atoms with Crippen LogP contribution >= 0.6 is 0 Å². The Bertz CT molecular complexity index is 220. The summed E-state index contributed by atoms with van der Waals surface area (Å²) in [6.07, 6.45) is 3.33. The van der Waals surface area contributed by atoms with Crippen LogP contribution in [0.15, 0.2) is 0 Å². The van der Waals surface area contributed by atoms with E-state index in [-0.39, 0.29) is 0 Å². The minimum Gasteiger partial charge on any atom is -0.481 e. The first-order valence-electron chi connectivity index (χ1n) is 6.08. The maximum Gasteiger partial charge on any atom is 0.303 e. The number of ether oxygens (including phenoxy) is 1. The first kappa shape index (κ1) is 13.5. The Kier molecular flexibility index (Phi) is 5.77. The van der Waals surface area contributed by atoms with Crippen molar-refractivity contribution in [2.24, 2.45) is 5.92 Å². The molecule has 1 heterocycles. The Morgan fingerprint density at radius 3 is 3.00 bits per heavy atom. The van der Waals surface area contributed by atoms with Gasteiger partial charge >= 0.3 is 5.97 Å². The number of hydrogen-bond acceptors (Lipinski definition) is 3. The van der Waals surface area contributed by atoms with Crippen LogP contribution in [-0.2, 0) is 9.53 Å². The molecule has 0 saturated carbocycles. The third-order valence-electron chi connectivity index (χ3n) is 3.45. The predicted octanol–water partition coefficient (Wildman–Crippen LogP) is 1.60. The fraction of sp³-hybridized carbons (Fsp3) is 0.917. The van der Waals surface area contributed by atoms with Crippen molar-refractivity contribution in [3.05, 3.63) is 0 Å². The van der Waals surface area contributed by atoms with Crippen LogP contribution in [0.3, 0.4) is 0 Å². The van der Waals surface area contributed by atoms with Gasteiger partial charge in [0.15, 0.2) is 0 Å². The van der Waals surface area contributed by atoms with Crippen LogP contribution in [-0.4, -0.2) is 48.8 Å². The van der Waals surface area contributed by atoms with Gasteiger partial charge < -0.3 is 14.7 Å². The van der Waals surface area contributed by atoms with Crippen molar-refractivity contribution in [2.45, 2.75) is 38.6 Å². The maximum absolute atomic E-state index is 10.5. The van der Waals surface area contributed by atoms with E-state index in [1.165, 1.54) is 0 Å². The van der Waals surface area contributed by atoms with E-state index in [2.05, 4.69) is 11.8 Å². The molecule has 0 bridgehead atoms. The van der Waals surface area contributed by atoms with Gasteiger partial charge in [0.1, 0.15) is 0 Å². The SMILES string of the molecule is COCCC(C)N1CCC(CCC(=O)O)C1. The van der Waals surface area contributed by atoms with Gasteiger partial charge in [0.25, 0.3) is 0 Å². The lowest BCUT2D eigenvalue weighted by Crippen LogP contribution is -2.31. The molecule has 2 unspecified atom stereocenters. The van der Waals surface area contributed by atoms with Gasteiger partial charge in [-0.3, -0.25) is 4.79 Å². The molecule has 1 rings (SSSR count). The Morgan fingerprint density at radius 2 is 2.38 bits per heavy atom. The molecule has 0 aliphatic carbocycles. The van der Waals surface area contributed by atoms with E-state index < -0.39 is 5.97 Å². The highest BCUT2D eigenvalue weighted by Gasteiger charge is 2.25. The zero-order valence-corrected chi connectivity index (χ0v) is 10.3. The van der Waals surface area contributed by atoms with E-state index in [4.69, 9.17) is 9.84 Å². The lowest BCUT2D eigenvalue weighted by molar-refractivity contribution is -0.137. The van der Waals surface area contributed by atoms with Crippen LogP contribution in [0.25, 0.3) is 0 Å². The van der Waals surface area contributed by atoms with Crippen LogP contribution in [0.1, 0.15) is 32.6 Å². The van der Waals surface area contributed by atoms with Crippen LogP contribution in [0.2, 0.25) is 0 Å². The molecule has 1 aliphatic heterocycles. The summed E-state index contributed by atoms with van der Waals surface area (Å²) in [6, 6.07) is 0.551. The van der Waals surface area contributed by atoms with Crippen molar-refractivity contribution < 1.29 is 14.6 Å². The maximum atomic E-state index is 10.5. The fourth-order valence-electron chi connectivity index (χ4n) is 2.30. The van der Waals surface area contributed by atoms with Gasteiger partial charge in [-0.15, -0.1) is 0 Å². The van der Waals surface area contributed by atoms with Crippen molar-refractivity contribution in [1.82, 2.24) is 4.90 Å². The molecule has 2 atom stereocenters. The molecule has 0 spiro atoms. The summed E-state index contributed by atoms with van der Waals surface area (Å²) in [5, 5.41) is 8.63. The monoisotopic (exact) mass is 229 g/mol. The van der Waals surface area contributed by atoms with E-state index in [1.807, 2.05) is 0 Å². The smallest absolute Gasteiger partial charge is 0.303 e. The number of methoxy groups -OCH3 is 1. The lowest BCUT2D eigenvalue weighted by atomic mass is 10.0. The third kappa shape index (κ3) is 4.49. The second-order valence-electron chi connectivity index (χ2n) is 4.71. The number of carbonyl (C=O) groups is 1. The number of nitrogens with zero attached hydrogens (tertiary/aromatic N) is 1. The highest BCUT2D eigenvalue weighted by atomic mass is 16.5.